The molecule has 4 nitrogen and oxygen atoms in total. The molecule has 18 heavy (non-hydrogen) atoms. The standard InChI is InChI=1S/C12H18N2O2S2/c13-9-10-1-3-12(4-2-10)18(15,16)14-11-5-7-17-8-6-11/h1-4,11,14H,5-9,13H2. The molecular formula is C12H18N2O2S2. The minimum atomic E-state index is -3.38. The molecule has 0 unspecified atom stereocenters. The van der Waals surface area contributed by atoms with E-state index in [-0.39, 0.29) is 6.04 Å². The highest BCUT2D eigenvalue weighted by molar-refractivity contribution is 7.99. The summed E-state index contributed by atoms with van der Waals surface area (Å²) < 4.78 is 27.1. The first kappa shape index (κ1) is 13.9. The molecule has 1 aromatic carbocycles. The van der Waals surface area contributed by atoms with Gasteiger partial charge in [0.1, 0.15) is 0 Å². The van der Waals surface area contributed by atoms with Crippen molar-refractivity contribution in [2.75, 3.05) is 11.5 Å². The molecule has 0 saturated carbocycles. The number of benzene rings is 1. The van der Waals surface area contributed by atoms with Crippen molar-refractivity contribution < 1.29 is 8.42 Å². The maximum atomic E-state index is 12.2. The molecule has 1 saturated heterocycles. The molecule has 100 valence electrons. The Labute approximate surface area is 112 Å². The maximum absolute atomic E-state index is 12.2. The fraction of sp³-hybridized carbons (Fsp3) is 0.500. The zero-order chi connectivity index (χ0) is 13.0. The first-order valence-corrected chi connectivity index (χ1v) is 8.65. The lowest BCUT2D eigenvalue weighted by molar-refractivity contribution is 0.529. The van der Waals surface area contributed by atoms with Gasteiger partial charge in [-0.15, -0.1) is 0 Å². The number of nitrogens with one attached hydrogen (secondary N) is 1. The van der Waals surface area contributed by atoms with Gasteiger partial charge >= 0.3 is 0 Å². The predicted octanol–water partition coefficient (Wildman–Crippen LogP) is 1.32. The number of sulfonamides is 1. The van der Waals surface area contributed by atoms with E-state index in [0.29, 0.717) is 11.4 Å². The van der Waals surface area contributed by atoms with Crippen LogP contribution in [0.2, 0.25) is 0 Å². The van der Waals surface area contributed by atoms with E-state index in [1.165, 1.54) is 0 Å². The Morgan fingerprint density at radius 2 is 1.83 bits per heavy atom. The zero-order valence-electron chi connectivity index (χ0n) is 10.1. The van der Waals surface area contributed by atoms with Gasteiger partial charge in [-0.05, 0) is 42.0 Å². The second kappa shape index (κ2) is 6.06. The fourth-order valence-electron chi connectivity index (χ4n) is 1.91. The molecule has 6 heteroatoms. The molecule has 0 aromatic heterocycles. The molecule has 3 N–H and O–H groups in total. The topological polar surface area (TPSA) is 72.2 Å². The largest absolute Gasteiger partial charge is 0.326 e. The molecule has 0 aliphatic carbocycles. The molecule has 2 rings (SSSR count). The van der Waals surface area contributed by atoms with Crippen LogP contribution in [0.15, 0.2) is 29.2 Å². The van der Waals surface area contributed by atoms with E-state index in [4.69, 9.17) is 5.73 Å². The Bertz CT molecular complexity index is 479. The highest BCUT2D eigenvalue weighted by Gasteiger charge is 2.21. The summed E-state index contributed by atoms with van der Waals surface area (Å²) in [6.45, 7) is 0.424. The van der Waals surface area contributed by atoms with Crippen LogP contribution in [0.3, 0.4) is 0 Å². The molecule has 1 fully saturated rings. The van der Waals surface area contributed by atoms with Gasteiger partial charge in [0.05, 0.1) is 4.90 Å². The van der Waals surface area contributed by atoms with E-state index in [2.05, 4.69) is 4.72 Å². The quantitative estimate of drug-likeness (QED) is 0.875. The molecule has 0 amide bonds. The van der Waals surface area contributed by atoms with E-state index in [1.54, 1.807) is 24.3 Å². The average Bonchev–Trinajstić information content (AvgIpc) is 2.39. The average molecular weight is 286 g/mol. The third-order valence-electron chi connectivity index (χ3n) is 3.01. The summed E-state index contributed by atoms with van der Waals surface area (Å²) in [6, 6.07) is 6.81. The van der Waals surface area contributed by atoms with Crippen molar-refractivity contribution >= 4 is 21.8 Å². The van der Waals surface area contributed by atoms with Crippen LogP contribution in [-0.2, 0) is 16.6 Å². The number of rotatable bonds is 4. The molecule has 1 aliphatic rings. The van der Waals surface area contributed by atoms with Crippen molar-refractivity contribution in [1.82, 2.24) is 4.72 Å². The van der Waals surface area contributed by atoms with Gasteiger partial charge in [-0.1, -0.05) is 12.1 Å². The zero-order valence-corrected chi connectivity index (χ0v) is 11.8. The van der Waals surface area contributed by atoms with Crippen molar-refractivity contribution in [1.29, 1.82) is 0 Å². The van der Waals surface area contributed by atoms with Crippen molar-refractivity contribution in [2.45, 2.75) is 30.3 Å². The molecule has 0 spiro atoms. The predicted molar refractivity (Wildman–Crippen MR) is 75.0 cm³/mol. The molecule has 1 aromatic rings. The van der Waals surface area contributed by atoms with Gasteiger partial charge in [-0.2, -0.15) is 11.8 Å². The van der Waals surface area contributed by atoms with Gasteiger partial charge in [0, 0.05) is 12.6 Å². The Morgan fingerprint density at radius 1 is 1.22 bits per heavy atom. The number of thioether (sulfide) groups is 1. The molecular weight excluding hydrogens is 268 g/mol. The van der Waals surface area contributed by atoms with E-state index < -0.39 is 10.0 Å². The number of hydrogen-bond donors (Lipinski definition) is 2. The van der Waals surface area contributed by atoms with Crippen molar-refractivity contribution in [3.05, 3.63) is 29.8 Å². The van der Waals surface area contributed by atoms with Gasteiger partial charge in [-0.3, -0.25) is 0 Å². The second-order valence-electron chi connectivity index (χ2n) is 4.36. The fourth-order valence-corrected chi connectivity index (χ4v) is 4.32. The van der Waals surface area contributed by atoms with Crippen LogP contribution in [-0.4, -0.2) is 26.0 Å². The van der Waals surface area contributed by atoms with E-state index in [1.807, 2.05) is 11.8 Å². The number of nitrogens with two attached hydrogens (primary N) is 1. The lowest BCUT2D eigenvalue weighted by Gasteiger charge is -2.22. The minimum Gasteiger partial charge on any atom is -0.326 e. The van der Waals surface area contributed by atoms with E-state index in [9.17, 15) is 8.42 Å². The van der Waals surface area contributed by atoms with Gasteiger partial charge in [-0.25, -0.2) is 13.1 Å². The van der Waals surface area contributed by atoms with Gasteiger partial charge in [0.15, 0.2) is 0 Å². The Hall–Kier alpha value is -0.560. The summed E-state index contributed by atoms with van der Waals surface area (Å²) in [5, 5.41) is 0. The van der Waals surface area contributed by atoms with Crippen molar-refractivity contribution in [3.8, 4) is 0 Å². The van der Waals surface area contributed by atoms with Crippen LogP contribution in [0.5, 0.6) is 0 Å². The first-order chi connectivity index (χ1) is 8.62. The highest BCUT2D eigenvalue weighted by atomic mass is 32.2. The normalized spacial score (nSPS) is 17.8. The highest BCUT2D eigenvalue weighted by Crippen LogP contribution is 2.19. The van der Waals surface area contributed by atoms with Crippen molar-refractivity contribution in [3.63, 3.8) is 0 Å². The van der Waals surface area contributed by atoms with Crippen LogP contribution >= 0.6 is 11.8 Å². The lowest BCUT2D eigenvalue weighted by atomic mass is 10.2. The molecule has 0 atom stereocenters. The van der Waals surface area contributed by atoms with Crippen LogP contribution in [0.25, 0.3) is 0 Å². The minimum absolute atomic E-state index is 0.0745. The van der Waals surface area contributed by atoms with Crippen LogP contribution in [0.4, 0.5) is 0 Å². The van der Waals surface area contributed by atoms with Crippen LogP contribution in [0.1, 0.15) is 18.4 Å². The van der Waals surface area contributed by atoms with Crippen LogP contribution in [0, 0.1) is 0 Å². The molecule has 0 bridgehead atoms. The SMILES string of the molecule is NCc1ccc(S(=O)(=O)NC2CCSCC2)cc1. The summed E-state index contributed by atoms with van der Waals surface area (Å²) in [6.07, 6.45) is 1.82. The summed E-state index contributed by atoms with van der Waals surface area (Å²) in [4.78, 5) is 0.318. The summed E-state index contributed by atoms with van der Waals surface area (Å²) in [5.41, 5.74) is 6.42. The van der Waals surface area contributed by atoms with Crippen LogP contribution < -0.4 is 10.5 Å². The smallest absolute Gasteiger partial charge is 0.240 e. The third kappa shape index (κ3) is 3.47. The third-order valence-corrected chi connectivity index (χ3v) is 5.60. The summed E-state index contributed by atoms with van der Waals surface area (Å²) >= 11 is 1.88. The Kier molecular flexibility index (Phi) is 4.66. The number of hydrogen-bond acceptors (Lipinski definition) is 4. The second-order valence-corrected chi connectivity index (χ2v) is 7.29. The molecule has 1 heterocycles. The molecule has 0 radical (unpaired) electrons. The Morgan fingerprint density at radius 3 is 2.39 bits per heavy atom. The van der Waals surface area contributed by atoms with Gasteiger partial charge < -0.3 is 5.73 Å². The maximum Gasteiger partial charge on any atom is 0.240 e. The van der Waals surface area contributed by atoms with Gasteiger partial charge in [0.2, 0.25) is 10.0 Å². The Balaban J connectivity index is 2.08. The summed E-state index contributed by atoms with van der Waals surface area (Å²) in [7, 11) is -3.38. The molecule has 1 aliphatic heterocycles. The van der Waals surface area contributed by atoms with E-state index in [0.717, 1.165) is 29.9 Å². The first-order valence-electron chi connectivity index (χ1n) is 6.01. The van der Waals surface area contributed by atoms with Crippen molar-refractivity contribution in [2.24, 2.45) is 5.73 Å². The lowest BCUT2D eigenvalue weighted by Crippen LogP contribution is -2.37. The monoisotopic (exact) mass is 286 g/mol. The van der Waals surface area contributed by atoms with E-state index >= 15 is 0 Å². The van der Waals surface area contributed by atoms with Gasteiger partial charge in [0.25, 0.3) is 0 Å². The summed E-state index contributed by atoms with van der Waals surface area (Å²) in [5.74, 6) is 2.05.